The van der Waals surface area contributed by atoms with Crippen LogP contribution in [0.25, 0.3) is 0 Å². The Bertz CT molecular complexity index is 632. The van der Waals surface area contributed by atoms with Gasteiger partial charge in [0.2, 0.25) is 0 Å². The lowest BCUT2D eigenvalue weighted by molar-refractivity contribution is -0.0232. The van der Waals surface area contributed by atoms with E-state index in [-0.39, 0.29) is 6.10 Å². The zero-order valence-electron chi connectivity index (χ0n) is 13.8. The zero-order chi connectivity index (χ0) is 16.1. The van der Waals surface area contributed by atoms with E-state index >= 15 is 0 Å². The topological polar surface area (TPSA) is 50.3 Å². The van der Waals surface area contributed by atoms with Gasteiger partial charge in [0.1, 0.15) is 17.7 Å². The van der Waals surface area contributed by atoms with Crippen molar-refractivity contribution in [2.24, 2.45) is 0 Å². The molecule has 2 aromatic rings. The highest BCUT2D eigenvalue weighted by Crippen LogP contribution is 2.21. The lowest BCUT2D eigenvalue weighted by atomic mass is 10.1. The number of rotatable bonds is 5. The minimum Gasteiger partial charge on any atom is -0.370 e. The average molecular weight is 312 g/mol. The predicted octanol–water partition coefficient (Wildman–Crippen LogP) is 2.44. The van der Waals surface area contributed by atoms with Gasteiger partial charge >= 0.3 is 0 Å². The number of nitrogens with zero attached hydrogens (tertiary/aromatic N) is 3. The number of benzene rings is 1. The number of morpholine rings is 1. The number of ether oxygens (including phenoxy) is 1. The predicted molar refractivity (Wildman–Crippen MR) is 91.6 cm³/mol. The van der Waals surface area contributed by atoms with Crippen molar-refractivity contribution in [2.45, 2.75) is 19.4 Å². The van der Waals surface area contributed by atoms with Crippen molar-refractivity contribution in [2.75, 3.05) is 38.6 Å². The Hall–Kier alpha value is -1.98. The molecular formula is C18H24N4O. The van der Waals surface area contributed by atoms with Gasteiger partial charge < -0.3 is 15.0 Å². The van der Waals surface area contributed by atoms with E-state index < -0.39 is 0 Å². The monoisotopic (exact) mass is 312 g/mol. The van der Waals surface area contributed by atoms with Gasteiger partial charge in [0.15, 0.2) is 0 Å². The molecule has 0 aliphatic carbocycles. The first-order chi connectivity index (χ1) is 11.2. The van der Waals surface area contributed by atoms with E-state index in [4.69, 9.17) is 4.74 Å². The van der Waals surface area contributed by atoms with Crippen molar-refractivity contribution in [1.82, 2.24) is 14.9 Å². The quantitative estimate of drug-likeness (QED) is 0.919. The fourth-order valence-corrected chi connectivity index (χ4v) is 2.78. The number of aromatic nitrogens is 2. The van der Waals surface area contributed by atoms with E-state index in [0.717, 1.165) is 50.0 Å². The maximum atomic E-state index is 5.86. The molecule has 5 nitrogen and oxygen atoms in total. The molecule has 1 atom stereocenters. The van der Waals surface area contributed by atoms with Crippen LogP contribution in [0.1, 0.15) is 23.2 Å². The fraction of sp³-hybridized carbons (Fsp3) is 0.444. The van der Waals surface area contributed by atoms with Gasteiger partial charge in [-0.15, -0.1) is 0 Å². The largest absolute Gasteiger partial charge is 0.370 e. The second-order valence-electron chi connectivity index (χ2n) is 6.01. The minimum absolute atomic E-state index is 0.0325. The molecule has 2 heterocycles. The molecule has 1 N–H and O–H groups in total. The van der Waals surface area contributed by atoms with Gasteiger partial charge in [-0.25, -0.2) is 9.97 Å². The van der Waals surface area contributed by atoms with Crippen LogP contribution in [0.2, 0.25) is 0 Å². The summed E-state index contributed by atoms with van der Waals surface area (Å²) in [6.45, 7) is 5.38. The summed E-state index contributed by atoms with van der Waals surface area (Å²) >= 11 is 0. The Labute approximate surface area is 137 Å². The van der Waals surface area contributed by atoms with Crippen molar-refractivity contribution in [3.63, 3.8) is 0 Å². The molecule has 0 radical (unpaired) electrons. The molecule has 5 heteroatoms. The number of nitrogens with one attached hydrogen (secondary N) is 1. The summed E-state index contributed by atoms with van der Waals surface area (Å²) in [5.41, 5.74) is 2.29. The highest BCUT2D eigenvalue weighted by atomic mass is 16.5. The van der Waals surface area contributed by atoms with E-state index in [0.29, 0.717) is 0 Å². The Balaban J connectivity index is 1.63. The molecule has 1 fully saturated rings. The second kappa shape index (κ2) is 7.53. The minimum atomic E-state index is 0.0325. The summed E-state index contributed by atoms with van der Waals surface area (Å²) in [4.78, 5) is 11.3. The summed E-state index contributed by atoms with van der Waals surface area (Å²) in [6, 6.07) is 12.5. The van der Waals surface area contributed by atoms with E-state index in [1.165, 1.54) is 5.56 Å². The lowest BCUT2D eigenvalue weighted by Gasteiger charge is -2.29. The van der Waals surface area contributed by atoms with Crippen LogP contribution >= 0.6 is 0 Å². The maximum Gasteiger partial charge on any atom is 0.130 e. The smallest absolute Gasteiger partial charge is 0.130 e. The molecule has 0 saturated carbocycles. The number of hydrogen-bond donors (Lipinski definition) is 1. The van der Waals surface area contributed by atoms with Crippen molar-refractivity contribution in [3.05, 3.63) is 53.5 Å². The van der Waals surface area contributed by atoms with Crippen LogP contribution in [0.3, 0.4) is 0 Å². The molecule has 1 saturated heterocycles. The fourth-order valence-electron chi connectivity index (χ4n) is 2.78. The zero-order valence-corrected chi connectivity index (χ0v) is 13.8. The van der Waals surface area contributed by atoms with E-state index in [1.54, 1.807) is 0 Å². The molecule has 1 aromatic heterocycles. The summed E-state index contributed by atoms with van der Waals surface area (Å²) in [5, 5.41) is 3.40. The molecule has 23 heavy (non-hydrogen) atoms. The van der Waals surface area contributed by atoms with Crippen LogP contribution in [0.15, 0.2) is 36.4 Å². The number of hydrogen-bond acceptors (Lipinski definition) is 5. The molecule has 122 valence electrons. The van der Waals surface area contributed by atoms with Gasteiger partial charge in [-0.1, -0.05) is 30.3 Å². The first kappa shape index (κ1) is 15.9. The van der Waals surface area contributed by atoms with Crippen LogP contribution in [0.5, 0.6) is 0 Å². The first-order valence-electron chi connectivity index (χ1n) is 8.14. The Kier molecular flexibility index (Phi) is 5.20. The van der Waals surface area contributed by atoms with Crippen LogP contribution < -0.4 is 5.32 Å². The lowest BCUT2D eigenvalue weighted by Crippen LogP contribution is -2.35. The van der Waals surface area contributed by atoms with E-state index in [2.05, 4.69) is 51.5 Å². The maximum absolute atomic E-state index is 5.86. The Morgan fingerprint density at radius 2 is 2.09 bits per heavy atom. The van der Waals surface area contributed by atoms with E-state index in [1.807, 2.05) is 19.1 Å². The Morgan fingerprint density at radius 3 is 2.87 bits per heavy atom. The van der Waals surface area contributed by atoms with Gasteiger partial charge in [0, 0.05) is 25.7 Å². The summed E-state index contributed by atoms with van der Waals surface area (Å²) in [7, 11) is 2.11. The molecule has 0 bridgehead atoms. The highest BCUT2D eigenvalue weighted by Gasteiger charge is 2.21. The van der Waals surface area contributed by atoms with Crippen LogP contribution in [0, 0.1) is 6.92 Å². The molecule has 1 unspecified atom stereocenters. The van der Waals surface area contributed by atoms with Crippen molar-refractivity contribution in [1.29, 1.82) is 0 Å². The number of anilines is 1. The third-order valence-electron chi connectivity index (χ3n) is 4.02. The van der Waals surface area contributed by atoms with Crippen molar-refractivity contribution < 1.29 is 4.74 Å². The average Bonchev–Trinajstić information content (AvgIpc) is 2.55. The van der Waals surface area contributed by atoms with Crippen molar-refractivity contribution in [3.8, 4) is 0 Å². The normalized spacial score (nSPS) is 18.8. The van der Waals surface area contributed by atoms with Crippen LogP contribution in [0.4, 0.5) is 5.82 Å². The SMILES string of the molecule is Cc1nc(NCCc2ccccc2)cc(C2CN(C)CCO2)n1. The standard InChI is InChI=1S/C18H24N4O/c1-14-20-16(17-13-22(2)10-11-23-17)12-18(21-14)19-9-8-15-6-4-3-5-7-15/h3-7,12,17H,8-11,13H2,1-2H3,(H,19,20,21). The molecule has 1 aliphatic heterocycles. The van der Waals surface area contributed by atoms with Gasteiger partial charge in [-0.05, 0) is 26.0 Å². The third-order valence-corrected chi connectivity index (χ3v) is 4.02. The molecule has 1 aliphatic rings. The molecule has 0 spiro atoms. The van der Waals surface area contributed by atoms with Gasteiger partial charge in [0.25, 0.3) is 0 Å². The first-order valence-corrected chi connectivity index (χ1v) is 8.14. The summed E-state index contributed by atoms with van der Waals surface area (Å²) in [6.07, 6.45) is 1.01. The molecule has 1 aromatic carbocycles. The van der Waals surface area contributed by atoms with E-state index in [9.17, 15) is 0 Å². The van der Waals surface area contributed by atoms with Gasteiger partial charge in [-0.3, -0.25) is 0 Å². The molecular weight excluding hydrogens is 288 g/mol. The van der Waals surface area contributed by atoms with Crippen LogP contribution in [-0.2, 0) is 11.2 Å². The second-order valence-corrected chi connectivity index (χ2v) is 6.01. The Morgan fingerprint density at radius 1 is 1.26 bits per heavy atom. The van der Waals surface area contributed by atoms with Gasteiger partial charge in [-0.2, -0.15) is 0 Å². The van der Waals surface area contributed by atoms with Gasteiger partial charge in [0.05, 0.1) is 12.3 Å². The van der Waals surface area contributed by atoms with Crippen LogP contribution in [-0.4, -0.2) is 48.2 Å². The number of aryl methyl sites for hydroxylation is 1. The molecule has 3 rings (SSSR count). The summed E-state index contributed by atoms with van der Waals surface area (Å²) in [5.74, 6) is 1.65. The summed E-state index contributed by atoms with van der Waals surface area (Å²) < 4.78 is 5.86. The molecule has 0 amide bonds. The third kappa shape index (κ3) is 4.50. The number of likely N-dealkylation sites (N-methyl/N-ethyl adjacent to an activating group) is 1. The van der Waals surface area contributed by atoms with Crippen molar-refractivity contribution >= 4 is 5.82 Å². The highest BCUT2D eigenvalue weighted by molar-refractivity contribution is 5.37.